The summed E-state index contributed by atoms with van der Waals surface area (Å²) in [6, 6.07) is 9.75. The summed E-state index contributed by atoms with van der Waals surface area (Å²) < 4.78 is 7.47. The summed E-state index contributed by atoms with van der Waals surface area (Å²) in [7, 11) is 0. The van der Waals surface area contributed by atoms with Gasteiger partial charge in [-0.05, 0) is 5.56 Å². The van der Waals surface area contributed by atoms with Crippen LogP contribution in [-0.4, -0.2) is 76.7 Å². The predicted octanol–water partition coefficient (Wildman–Crippen LogP) is 0.807. The van der Waals surface area contributed by atoms with Gasteiger partial charge in [-0.25, -0.2) is 4.79 Å². The van der Waals surface area contributed by atoms with Crippen LogP contribution in [0.2, 0.25) is 0 Å². The van der Waals surface area contributed by atoms with E-state index in [2.05, 4.69) is 32.5 Å². The maximum absolute atomic E-state index is 12.4. The van der Waals surface area contributed by atoms with Crippen molar-refractivity contribution in [3.05, 3.63) is 35.9 Å². The first-order valence-corrected chi connectivity index (χ1v) is 10.2. The number of carbonyl (C=O) groups excluding carboxylic acids is 2. The Balaban J connectivity index is 1.53. The number of aromatic nitrogens is 3. The van der Waals surface area contributed by atoms with Crippen molar-refractivity contribution in [1.82, 2.24) is 25.0 Å². The number of ether oxygens (including phenoxy) is 1. The standard InChI is InChI=1S/C18H22N6O3S/c25-15(23-7-6-19-17(23)26)13-28-18-21-20-16(22-8-10-27-11-9-22)24(18)12-14-4-2-1-3-5-14/h1-5H,6-13H2,(H,19,26). The van der Waals surface area contributed by atoms with Crippen LogP contribution in [0.1, 0.15) is 5.56 Å². The number of benzene rings is 1. The number of carbonyl (C=O) groups is 2. The van der Waals surface area contributed by atoms with Gasteiger partial charge in [0.25, 0.3) is 0 Å². The number of hydrogen-bond donors (Lipinski definition) is 1. The summed E-state index contributed by atoms with van der Waals surface area (Å²) in [5.41, 5.74) is 1.13. The Morgan fingerprint density at radius 3 is 2.64 bits per heavy atom. The van der Waals surface area contributed by atoms with E-state index in [9.17, 15) is 9.59 Å². The summed E-state index contributed by atoms with van der Waals surface area (Å²) in [6.07, 6.45) is 0. The molecule has 3 heterocycles. The van der Waals surface area contributed by atoms with Crippen LogP contribution in [0.25, 0.3) is 0 Å². The third-order valence-electron chi connectivity index (χ3n) is 4.66. The van der Waals surface area contributed by atoms with Crippen molar-refractivity contribution in [1.29, 1.82) is 0 Å². The summed E-state index contributed by atoms with van der Waals surface area (Å²) >= 11 is 1.31. The minimum Gasteiger partial charge on any atom is -0.378 e. The van der Waals surface area contributed by atoms with Crippen LogP contribution < -0.4 is 10.2 Å². The lowest BCUT2D eigenvalue weighted by atomic mass is 10.2. The van der Waals surface area contributed by atoms with Gasteiger partial charge in [-0.15, -0.1) is 10.2 Å². The predicted molar refractivity (Wildman–Crippen MR) is 104 cm³/mol. The molecule has 10 heteroatoms. The quantitative estimate of drug-likeness (QED) is 0.715. The highest BCUT2D eigenvalue weighted by Crippen LogP contribution is 2.24. The average Bonchev–Trinajstić information content (AvgIpc) is 3.34. The first-order valence-electron chi connectivity index (χ1n) is 9.23. The minimum absolute atomic E-state index is 0.142. The third-order valence-corrected chi connectivity index (χ3v) is 5.61. The number of nitrogens with zero attached hydrogens (tertiary/aromatic N) is 5. The first-order chi connectivity index (χ1) is 13.7. The van der Waals surface area contributed by atoms with Crippen molar-refractivity contribution < 1.29 is 14.3 Å². The van der Waals surface area contributed by atoms with Crippen molar-refractivity contribution in [2.24, 2.45) is 0 Å². The van der Waals surface area contributed by atoms with Crippen LogP contribution >= 0.6 is 11.8 Å². The highest BCUT2D eigenvalue weighted by molar-refractivity contribution is 7.99. The SMILES string of the molecule is O=C(CSc1nnc(N2CCOCC2)n1Cc1ccccc1)N1CCNC1=O. The molecule has 3 amide bonds. The Kier molecular flexibility index (Phi) is 5.77. The van der Waals surface area contributed by atoms with Gasteiger partial charge in [0.2, 0.25) is 11.9 Å². The van der Waals surface area contributed by atoms with Gasteiger partial charge in [0.15, 0.2) is 5.16 Å². The van der Waals surface area contributed by atoms with E-state index in [4.69, 9.17) is 4.74 Å². The Bertz CT molecular complexity index is 837. The maximum Gasteiger partial charge on any atom is 0.324 e. The molecule has 2 aromatic rings. The van der Waals surface area contributed by atoms with Crippen LogP contribution in [-0.2, 0) is 16.1 Å². The molecule has 1 aromatic carbocycles. The molecular formula is C18H22N6O3S. The van der Waals surface area contributed by atoms with Gasteiger partial charge in [0.05, 0.1) is 25.5 Å². The molecule has 0 radical (unpaired) electrons. The number of nitrogens with one attached hydrogen (secondary N) is 1. The van der Waals surface area contributed by atoms with E-state index >= 15 is 0 Å². The summed E-state index contributed by atoms with van der Waals surface area (Å²) in [4.78, 5) is 27.4. The Morgan fingerprint density at radius 1 is 1.14 bits per heavy atom. The second kappa shape index (κ2) is 8.61. The van der Waals surface area contributed by atoms with Crippen LogP contribution in [0.3, 0.4) is 0 Å². The van der Waals surface area contributed by atoms with Gasteiger partial charge in [0, 0.05) is 26.2 Å². The number of amides is 3. The average molecular weight is 402 g/mol. The van der Waals surface area contributed by atoms with Crippen LogP contribution in [0, 0.1) is 0 Å². The van der Waals surface area contributed by atoms with Crippen LogP contribution in [0.4, 0.5) is 10.7 Å². The lowest BCUT2D eigenvalue weighted by Crippen LogP contribution is -2.38. The van der Waals surface area contributed by atoms with Crippen LogP contribution in [0.15, 0.2) is 35.5 Å². The highest BCUT2D eigenvalue weighted by Gasteiger charge is 2.27. The molecule has 148 valence electrons. The molecule has 2 saturated heterocycles. The van der Waals surface area contributed by atoms with E-state index in [0.29, 0.717) is 38.0 Å². The molecule has 0 atom stereocenters. The van der Waals surface area contributed by atoms with E-state index in [1.165, 1.54) is 16.7 Å². The molecule has 28 heavy (non-hydrogen) atoms. The van der Waals surface area contributed by atoms with Crippen molar-refractivity contribution in [2.45, 2.75) is 11.7 Å². The second-order valence-corrected chi connectivity index (χ2v) is 7.46. The monoisotopic (exact) mass is 402 g/mol. The number of rotatable bonds is 6. The van der Waals surface area contributed by atoms with Gasteiger partial charge < -0.3 is 15.0 Å². The molecule has 2 aliphatic heterocycles. The molecule has 0 bridgehead atoms. The highest BCUT2D eigenvalue weighted by atomic mass is 32.2. The van der Waals surface area contributed by atoms with E-state index in [-0.39, 0.29) is 17.7 Å². The molecule has 1 aromatic heterocycles. The minimum atomic E-state index is -0.328. The molecule has 0 aliphatic carbocycles. The van der Waals surface area contributed by atoms with Gasteiger partial charge in [0.1, 0.15) is 0 Å². The lowest BCUT2D eigenvalue weighted by molar-refractivity contribution is -0.124. The molecule has 9 nitrogen and oxygen atoms in total. The number of anilines is 1. The van der Waals surface area contributed by atoms with Gasteiger partial charge in [-0.1, -0.05) is 42.1 Å². The van der Waals surface area contributed by atoms with Gasteiger partial charge >= 0.3 is 6.03 Å². The first kappa shape index (κ1) is 18.8. The van der Waals surface area contributed by atoms with Gasteiger partial charge in [-0.3, -0.25) is 14.3 Å². The Hall–Kier alpha value is -2.59. The number of morpholine rings is 1. The third kappa shape index (κ3) is 4.12. The number of thioether (sulfide) groups is 1. The van der Waals surface area contributed by atoms with Crippen molar-refractivity contribution in [3.8, 4) is 0 Å². The Morgan fingerprint density at radius 2 is 1.93 bits per heavy atom. The molecule has 0 saturated carbocycles. The molecule has 2 fully saturated rings. The maximum atomic E-state index is 12.4. The number of hydrogen-bond acceptors (Lipinski definition) is 7. The molecule has 0 unspecified atom stereocenters. The fraction of sp³-hybridized carbons (Fsp3) is 0.444. The smallest absolute Gasteiger partial charge is 0.324 e. The summed E-state index contributed by atoms with van der Waals surface area (Å²) in [6.45, 7) is 4.34. The zero-order valence-electron chi connectivity index (χ0n) is 15.4. The van der Waals surface area contributed by atoms with E-state index < -0.39 is 0 Å². The van der Waals surface area contributed by atoms with Crippen LogP contribution in [0.5, 0.6) is 0 Å². The topological polar surface area (TPSA) is 92.6 Å². The summed E-state index contributed by atoms with van der Waals surface area (Å²) in [5.74, 6) is 0.701. The van der Waals surface area contributed by atoms with Crippen molar-refractivity contribution in [2.75, 3.05) is 50.0 Å². The zero-order chi connectivity index (χ0) is 19.3. The Labute approximate surface area is 167 Å². The molecule has 2 aliphatic rings. The van der Waals surface area contributed by atoms with E-state index in [1.54, 1.807) is 0 Å². The number of urea groups is 1. The molecular weight excluding hydrogens is 380 g/mol. The largest absolute Gasteiger partial charge is 0.378 e. The van der Waals surface area contributed by atoms with E-state index in [1.807, 2.05) is 22.8 Å². The lowest BCUT2D eigenvalue weighted by Gasteiger charge is -2.28. The molecule has 1 N–H and O–H groups in total. The molecule has 4 rings (SSSR count). The number of imide groups is 1. The molecule has 0 spiro atoms. The summed E-state index contributed by atoms with van der Waals surface area (Å²) in [5, 5.41) is 12.0. The zero-order valence-corrected chi connectivity index (χ0v) is 16.2. The normalized spacial score (nSPS) is 17.1. The second-order valence-electron chi connectivity index (χ2n) is 6.52. The van der Waals surface area contributed by atoms with Gasteiger partial charge in [-0.2, -0.15) is 0 Å². The van der Waals surface area contributed by atoms with E-state index in [0.717, 1.165) is 24.6 Å². The van der Waals surface area contributed by atoms with Crippen molar-refractivity contribution >= 4 is 29.6 Å². The fourth-order valence-electron chi connectivity index (χ4n) is 3.20. The van der Waals surface area contributed by atoms with Crippen molar-refractivity contribution in [3.63, 3.8) is 0 Å². The fourth-order valence-corrected chi connectivity index (χ4v) is 4.01.